The number of anilines is 1. The first-order valence-electron chi connectivity index (χ1n) is 5.34. The SMILES string of the molecule is CCn1cnnc1CNc1cccc(C)n1. The molecule has 84 valence electrons. The highest BCUT2D eigenvalue weighted by molar-refractivity contribution is 5.35. The molecule has 0 saturated heterocycles. The predicted molar refractivity (Wildman–Crippen MR) is 62.0 cm³/mol. The summed E-state index contributed by atoms with van der Waals surface area (Å²) in [6.45, 7) is 5.56. The van der Waals surface area contributed by atoms with E-state index in [2.05, 4.69) is 27.4 Å². The molecule has 0 aliphatic carbocycles. The third-order valence-electron chi connectivity index (χ3n) is 2.35. The van der Waals surface area contributed by atoms with Crippen molar-refractivity contribution in [2.75, 3.05) is 5.32 Å². The second-order valence-electron chi connectivity index (χ2n) is 3.55. The summed E-state index contributed by atoms with van der Waals surface area (Å²) in [5.74, 6) is 1.79. The summed E-state index contributed by atoms with van der Waals surface area (Å²) in [6, 6.07) is 5.90. The molecule has 2 rings (SSSR count). The van der Waals surface area contributed by atoms with Crippen molar-refractivity contribution >= 4 is 5.82 Å². The van der Waals surface area contributed by atoms with Gasteiger partial charge in [0.15, 0.2) is 5.82 Å². The van der Waals surface area contributed by atoms with Crippen molar-refractivity contribution < 1.29 is 0 Å². The van der Waals surface area contributed by atoms with Gasteiger partial charge in [0.2, 0.25) is 0 Å². The topological polar surface area (TPSA) is 55.6 Å². The average molecular weight is 217 g/mol. The summed E-state index contributed by atoms with van der Waals surface area (Å²) < 4.78 is 2.00. The van der Waals surface area contributed by atoms with Crippen molar-refractivity contribution in [3.63, 3.8) is 0 Å². The van der Waals surface area contributed by atoms with Gasteiger partial charge < -0.3 is 9.88 Å². The molecule has 0 bridgehead atoms. The lowest BCUT2D eigenvalue weighted by molar-refractivity contribution is 0.707. The quantitative estimate of drug-likeness (QED) is 0.845. The number of rotatable bonds is 4. The zero-order valence-electron chi connectivity index (χ0n) is 9.51. The van der Waals surface area contributed by atoms with Crippen molar-refractivity contribution in [1.29, 1.82) is 0 Å². The smallest absolute Gasteiger partial charge is 0.152 e. The summed E-state index contributed by atoms with van der Waals surface area (Å²) in [4.78, 5) is 4.36. The van der Waals surface area contributed by atoms with E-state index >= 15 is 0 Å². The Morgan fingerprint density at radius 3 is 3.00 bits per heavy atom. The van der Waals surface area contributed by atoms with Crippen molar-refractivity contribution in [1.82, 2.24) is 19.7 Å². The maximum atomic E-state index is 4.36. The molecule has 0 unspecified atom stereocenters. The van der Waals surface area contributed by atoms with Crippen LogP contribution < -0.4 is 5.32 Å². The summed E-state index contributed by atoms with van der Waals surface area (Å²) in [6.07, 6.45) is 1.74. The van der Waals surface area contributed by atoms with E-state index in [0.29, 0.717) is 6.54 Å². The molecule has 2 aromatic heterocycles. The lowest BCUT2D eigenvalue weighted by Gasteiger charge is -2.06. The van der Waals surface area contributed by atoms with Gasteiger partial charge in [-0.1, -0.05) is 6.07 Å². The summed E-state index contributed by atoms with van der Waals surface area (Å²) in [7, 11) is 0. The third kappa shape index (κ3) is 2.36. The number of pyridine rings is 1. The van der Waals surface area contributed by atoms with E-state index < -0.39 is 0 Å². The van der Waals surface area contributed by atoms with Crippen LogP contribution in [0.3, 0.4) is 0 Å². The monoisotopic (exact) mass is 217 g/mol. The Morgan fingerprint density at radius 2 is 2.25 bits per heavy atom. The minimum absolute atomic E-state index is 0.643. The molecule has 0 saturated carbocycles. The molecule has 1 N–H and O–H groups in total. The Kier molecular flexibility index (Phi) is 3.14. The number of aromatic nitrogens is 4. The van der Waals surface area contributed by atoms with Crippen LogP contribution in [0.1, 0.15) is 18.4 Å². The molecule has 2 aromatic rings. The van der Waals surface area contributed by atoms with Gasteiger partial charge in [-0.3, -0.25) is 0 Å². The van der Waals surface area contributed by atoms with E-state index in [1.165, 1.54) is 0 Å². The first-order chi connectivity index (χ1) is 7.79. The molecule has 2 heterocycles. The lowest BCUT2D eigenvalue weighted by atomic mass is 10.4. The Bertz CT molecular complexity index is 463. The molecule has 0 aromatic carbocycles. The van der Waals surface area contributed by atoms with Crippen molar-refractivity contribution in [3.05, 3.63) is 36.0 Å². The highest BCUT2D eigenvalue weighted by Gasteiger charge is 2.02. The van der Waals surface area contributed by atoms with E-state index in [4.69, 9.17) is 0 Å². The van der Waals surface area contributed by atoms with Gasteiger partial charge in [-0.05, 0) is 26.0 Å². The van der Waals surface area contributed by atoms with Gasteiger partial charge >= 0.3 is 0 Å². The largest absolute Gasteiger partial charge is 0.363 e. The van der Waals surface area contributed by atoms with Crippen LogP contribution >= 0.6 is 0 Å². The van der Waals surface area contributed by atoms with Crippen LogP contribution in [0, 0.1) is 6.92 Å². The van der Waals surface area contributed by atoms with Crippen LogP contribution in [-0.2, 0) is 13.1 Å². The zero-order valence-corrected chi connectivity index (χ0v) is 9.51. The van der Waals surface area contributed by atoms with E-state index in [0.717, 1.165) is 23.9 Å². The normalized spacial score (nSPS) is 10.4. The zero-order chi connectivity index (χ0) is 11.4. The van der Waals surface area contributed by atoms with Crippen LogP contribution in [0.25, 0.3) is 0 Å². The van der Waals surface area contributed by atoms with Gasteiger partial charge in [0, 0.05) is 12.2 Å². The minimum atomic E-state index is 0.643. The molecule has 0 fully saturated rings. The Morgan fingerprint density at radius 1 is 1.38 bits per heavy atom. The van der Waals surface area contributed by atoms with E-state index in [9.17, 15) is 0 Å². The molecule has 0 amide bonds. The van der Waals surface area contributed by atoms with Crippen LogP contribution in [0.5, 0.6) is 0 Å². The molecule has 5 heteroatoms. The molecule has 5 nitrogen and oxygen atoms in total. The molecular weight excluding hydrogens is 202 g/mol. The summed E-state index contributed by atoms with van der Waals surface area (Å²) in [5.41, 5.74) is 1.00. The molecule has 0 aliphatic rings. The standard InChI is InChI=1S/C11H15N5/c1-3-16-8-13-15-11(16)7-12-10-6-4-5-9(2)14-10/h4-6,8H,3,7H2,1-2H3,(H,12,14). The number of hydrogen-bond acceptors (Lipinski definition) is 4. The van der Waals surface area contributed by atoms with Gasteiger partial charge in [0.05, 0.1) is 6.54 Å². The number of hydrogen-bond donors (Lipinski definition) is 1. The van der Waals surface area contributed by atoms with E-state index in [1.807, 2.05) is 29.7 Å². The Balaban J connectivity index is 2.02. The fourth-order valence-electron chi connectivity index (χ4n) is 1.49. The van der Waals surface area contributed by atoms with E-state index in [-0.39, 0.29) is 0 Å². The van der Waals surface area contributed by atoms with Gasteiger partial charge in [0.1, 0.15) is 12.1 Å². The second kappa shape index (κ2) is 4.74. The molecule has 0 radical (unpaired) electrons. The highest BCUT2D eigenvalue weighted by atomic mass is 15.3. The molecular formula is C11H15N5. The first-order valence-corrected chi connectivity index (χ1v) is 5.34. The fourth-order valence-corrected chi connectivity index (χ4v) is 1.49. The van der Waals surface area contributed by atoms with Gasteiger partial charge in [-0.15, -0.1) is 10.2 Å². The Labute approximate surface area is 94.5 Å². The van der Waals surface area contributed by atoms with Crippen molar-refractivity contribution in [2.45, 2.75) is 26.9 Å². The van der Waals surface area contributed by atoms with Gasteiger partial charge in [-0.2, -0.15) is 0 Å². The van der Waals surface area contributed by atoms with E-state index in [1.54, 1.807) is 6.33 Å². The maximum Gasteiger partial charge on any atom is 0.152 e. The first kappa shape index (κ1) is 10.6. The second-order valence-corrected chi connectivity index (χ2v) is 3.55. The third-order valence-corrected chi connectivity index (χ3v) is 2.35. The highest BCUT2D eigenvalue weighted by Crippen LogP contribution is 2.05. The predicted octanol–water partition coefficient (Wildman–Crippen LogP) is 1.61. The number of nitrogens with zero attached hydrogens (tertiary/aromatic N) is 4. The lowest BCUT2D eigenvalue weighted by Crippen LogP contribution is -2.08. The molecule has 0 spiro atoms. The molecule has 16 heavy (non-hydrogen) atoms. The van der Waals surface area contributed by atoms with Crippen LogP contribution in [0.15, 0.2) is 24.5 Å². The fraction of sp³-hybridized carbons (Fsp3) is 0.364. The number of nitrogens with one attached hydrogen (secondary N) is 1. The van der Waals surface area contributed by atoms with Gasteiger partial charge in [-0.25, -0.2) is 4.98 Å². The Hall–Kier alpha value is -1.91. The summed E-state index contributed by atoms with van der Waals surface area (Å²) >= 11 is 0. The molecule has 0 aliphatic heterocycles. The van der Waals surface area contributed by atoms with Crippen LogP contribution in [-0.4, -0.2) is 19.7 Å². The van der Waals surface area contributed by atoms with Crippen LogP contribution in [0.2, 0.25) is 0 Å². The van der Waals surface area contributed by atoms with Crippen molar-refractivity contribution in [3.8, 4) is 0 Å². The van der Waals surface area contributed by atoms with Crippen molar-refractivity contribution in [2.24, 2.45) is 0 Å². The average Bonchev–Trinajstić information content (AvgIpc) is 2.74. The maximum absolute atomic E-state index is 4.36. The summed E-state index contributed by atoms with van der Waals surface area (Å²) in [5, 5.41) is 11.2. The van der Waals surface area contributed by atoms with Gasteiger partial charge in [0.25, 0.3) is 0 Å². The van der Waals surface area contributed by atoms with Crippen LogP contribution in [0.4, 0.5) is 5.82 Å². The molecule has 0 atom stereocenters. The number of aryl methyl sites for hydroxylation is 2. The minimum Gasteiger partial charge on any atom is -0.363 e.